The molecule has 0 bridgehead atoms. The first kappa shape index (κ1) is 7.60. The molecule has 0 atom stereocenters. The molecule has 0 aliphatic rings. The van der Waals surface area contributed by atoms with Crippen molar-refractivity contribution < 1.29 is 4.79 Å². The van der Waals surface area contributed by atoms with Gasteiger partial charge in [0.25, 0.3) is 0 Å². The van der Waals surface area contributed by atoms with Crippen LogP contribution in [0.15, 0.2) is 23.4 Å². The molecule has 0 spiro atoms. The van der Waals surface area contributed by atoms with E-state index >= 15 is 0 Å². The molecule has 0 aromatic heterocycles. The van der Waals surface area contributed by atoms with Crippen molar-refractivity contribution in [1.82, 2.24) is 0 Å². The number of rotatable bonds is 2. The third-order valence-electron chi connectivity index (χ3n) is 1.49. The highest BCUT2D eigenvalue weighted by Crippen LogP contribution is 2.15. The Labute approximate surface area is 64.0 Å². The standard InChI is InChI=1S/C8H7NO2/c1-6-4-8(9-11)3-2-7(6)5-10/h2-5H,1H3. The maximum atomic E-state index is 10.3. The molecule has 0 heterocycles. The number of hydrogen-bond donors (Lipinski definition) is 0. The normalized spacial score (nSPS) is 9.18. The number of aldehydes is 1. The van der Waals surface area contributed by atoms with Crippen LogP contribution in [0.1, 0.15) is 15.9 Å². The van der Waals surface area contributed by atoms with Crippen molar-refractivity contribution in [1.29, 1.82) is 0 Å². The van der Waals surface area contributed by atoms with Gasteiger partial charge in [0.1, 0.15) is 12.0 Å². The molecule has 0 saturated carbocycles. The fourth-order valence-corrected chi connectivity index (χ4v) is 0.849. The van der Waals surface area contributed by atoms with E-state index in [0.29, 0.717) is 11.3 Å². The molecule has 1 rings (SSSR count). The molecule has 1 aromatic carbocycles. The lowest BCUT2D eigenvalue weighted by molar-refractivity contribution is 0.112. The second-order valence-electron chi connectivity index (χ2n) is 2.25. The summed E-state index contributed by atoms with van der Waals surface area (Å²) < 4.78 is 0. The van der Waals surface area contributed by atoms with Gasteiger partial charge in [-0.05, 0) is 35.9 Å². The average Bonchev–Trinajstić information content (AvgIpc) is 2.04. The summed E-state index contributed by atoms with van der Waals surface area (Å²) in [5.41, 5.74) is 1.72. The Hall–Kier alpha value is -1.51. The predicted molar refractivity (Wildman–Crippen MR) is 42.0 cm³/mol. The summed E-state index contributed by atoms with van der Waals surface area (Å²) in [5, 5.41) is 2.74. The molecule has 0 N–H and O–H groups in total. The maximum Gasteiger partial charge on any atom is 0.150 e. The molecule has 0 unspecified atom stereocenters. The van der Waals surface area contributed by atoms with E-state index in [1.54, 1.807) is 19.1 Å². The molecule has 1 aromatic rings. The van der Waals surface area contributed by atoms with Crippen LogP contribution in [0.3, 0.4) is 0 Å². The van der Waals surface area contributed by atoms with Crippen LogP contribution < -0.4 is 0 Å². The van der Waals surface area contributed by atoms with Crippen LogP contribution in [0.25, 0.3) is 0 Å². The van der Waals surface area contributed by atoms with Gasteiger partial charge in [-0.25, -0.2) is 0 Å². The second-order valence-corrected chi connectivity index (χ2v) is 2.25. The molecule has 11 heavy (non-hydrogen) atoms. The molecule has 0 aliphatic heterocycles. The maximum absolute atomic E-state index is 10.3. The minimum atomic E-state index is 0.355. The van der Waals surface area contributed by atoms with Crippen molar-refractivity contribution in [2.24, 2.45) is 5.18 Å². The van der Waals surface area contributed by atoms with Crippen LogP contribution >= 0.6 is 0 Å². The second kappa shape index (κ2) is 3.05. The van der Waals surface area contributed by atoms with Gasteiger partial charge in [-0.2, -0.15) is 0 Å². The van der Waals surface area contributed by atoms with Crippen molar-refractivity contribution in [3.8, 4) is 0 Å². The molecule has 3 heteroatoms. The van der Waals surface area contributed by atoms with Crippen molar-refractivity contribution in [3.63, 3.8) is 0 Å². The molecule has 0 radical (unpaired) electrons. The third-order valence-corrected chi connectivity index (χ3v) is 1.49. The molecular formula is C8H7NO2. The van der Waals surface area contributed by atoms with E-state index < -0.39 is 0 Å². The molecule has 0 saturated heterocycles. The fourth-order valence-electron chi connectivity index (χ4n) is 0.849. The van der Waals surface area contributed by atoms with E-state index in [0.717, 1.165) is 11.8 Å². The highest BCUT2D eigenvalue weighted by atomic mass is 16.3. The van der Waals surface area contributed by atoms with Crippen LogP contribution in [-0.4, -0.2) is 6.29 Å². The topological polar surface area (TPSA) is 46.5 Å². The summed E-state index contributed by atoms with van der Waals surface area (Å²) in [6.07, 6.45) is 0.754. The first-order valence-electron chi connectivity index (χ1n) is 3.17. The van der Waals surface area contributed by atoms with E-state index in [-0.39, 0.29) is 0 Å². The molecular weight excluding hydrogens is 142 g/mol. The lowest BCUT2D eigenvalue weighted by atomic mass is 10.1. The van der Waals surface area contributed by atoms with Gasteiger partial charge in [0, 0.05) is 5.56 Å². The number of nitrogens with zero attached hydrogens (tertiary/aromatic N) is 1. The average molecular weight is 149 g/mol. The van der Waals surface area contributed by atoms with Crippen LogP contribution in [0, 0.1) is 11.8 Å². The number of hydrogen-bond acceptors (Lipinski definition) is 3. The highest BCUT2D eigenvalue weighted by molar-refractivity contribution is 5.78. The Morgan fingerprint density at radius 2 is 2.18 bits per heavy atom. The van der Waals surface area contributed by atoms with Crippen molar-refractivity contribution >= 4 is 12.0 Å². The lowest BCUT2D eigenvalue weighted by Gasteiger charge is -1.95. The predicted octanol–water partition coefficient (Wildman–Crippen LogP) is 2.21. The van der Waals surface area contributed by atoms with Gasteiger partial charge in [-0.1, -0.05) is 0 Å². The number of aryl methyl sites for hydroxylation is 1. The van der Waals surface area contributed by atoms with Gasteiger partial charge in [-0.15, -0.1) is 4.91 Å². The van der Waals surface area contributed by atoms with Gasteiger partial charge >= 0.3 is 0 Å². The monoisotopic (exact) mass is 149 g/mol. The SMILES string of the molecule is Cc1cc(N=O)ccc1C=O. The number of carbonyl (C=O) groups excluding carboxylic acids is 1. The van der Waals surface area contributed by atoms with E-state index in [2.05, 4.69) is 5.18 Å². The van der Waals surface area contributed by atoms with E-state index in [1.807, 2.05) is 0 Å². The van der Waals surface area contributed by atoms with Crippen molar-refractivity contribution in [3.05, 3.63) is 34.2 Å². The van der Waals surface area contributed by atoms with Gasteiger partial charge in [0.15, 0.2) is 0 Å². The van der Waals surface area contributed by atoms with E-state index in [1.165, 1.54) is 6.07 Å². The Kier molecular flexibility index (Phi) is 2.11. The first-order chi connectivity index (χ1) is 5.27. The van der Waals surface area contributed by atoms with E-state index in [9.17, 15) is 9.70 Å². The molecule has 0 aliphatic carbocycles. The number of benzene rings is 1. The summed E-state index contributed by atoms with van der Waals surface area (Å²) in [6.45, 7) is 1.76. The lowest BCUT2D eigenvalue weighted by Crippen LogP contribution is -1.83. The summed E-state index contributed by atoms with van der Waals surface area (Å²) >= 11 is 0. The van der Waals surface area contributed by atoms with Gasteiger partial charge in [0.05, 0.1) is 0 Å². The number of carbonyl (C=O) groups is 1. The fraction of sp³-hybridized carbons (Fsp3) is 0.125. The van der Waals surface area contributed by atoms with Gasteiger partial charge < -0.3 is 0 Å². The minimum Gasteiger partial charge on any atom is -0.298 e. The van der Waals surface area contributed by atoms with Crippen LogP contribution in [0.4, 0.5) is 5.69 Å². The van der Waals surface area contributed by atoms with Crippen LogP contribution in [0.5, 0.6) is 0 Å². The Morgan fingerprint density at radius 1 is 1.45 bits per heavy atom. The van der Waals surface area contributed by atoms with Gasteiger partial charge in [0.2, 0.25) is 0 Å². The van der Waals surface area contributed by atoms with Crippen molar-refractivity contribution in [2.75, 3.05) is 0 Å². The molecule has 0 fully saturated rings. The Morgan fingerprint density at radius 3 is 2.64 bits per heavy atom. The summed E-state index contributed by atoms with van der Waals surface area (Å²) in [5.74, 6) is 0. The zero-order valence-corrected chi connectivity index (χ0v) is 6.07. The highest BCUT2D eigenvalue weighted by Gasteiger charge is 1.97. The minimum absolute atomic E-state index is 0.355. The number of nitroso groups, excluding NO2 is 1. The summed E-state index contributed by atoms with van der Waals surface area (Å²) in [4.78, 5) is 20.3. The Balaban J connectivity index is 3.18. The Bertz CT molecular complexity index is 294. The smallest absolute Gasteiger partial charge is 0.150 e. The molecule has 56 valence electrons. The first-order valence-corrected chi connectivity index (χ1v) is 3.17. The summed E-state index contributed by atoms with van der Waals surface area (Å²) in [6, 6.07) is 4.68. The zero-order chi connectivity index (χ0) is 8.27. The van der Waals surface area contributed by atoms with Gasteiger partial charge in [-0.3, -0.25) is 4.79 Å². The third kappa shape index (κ3) is 1.49. The van der Waals surface area contributed by atoms with E-state index in [4.69, 9.17) is 0 Å². The molecule has 3 nitrogen and oxygen atoms in total. The quantitative estimate of drug-likeness (QED) is 0.478. The zero-order valence-electron chi connectivity index (χ0n) is 6.07. The largest absolute Gasteiger partial charge is 0.298 e. The molecule has 0 amide bonds. The van der Waals surface area contributed by atoms with Crippen LogP contribution in [0.2, 0.25) is 0 Å². The summed E-state index contributed by atoms with van der Waals surface area (Å²) in [7, 11) is 0. The van der Waals surface area contributed by atoms with Crippen LogP contribution in [-0.2, 0) is 0 Å². The van der Waals surface area contributed by atoms with Crippen molar-refractivity contribution in [2.45, 2.75) is 6.92 Å².